The highest BCUT2D eigenvalue weighted by Crippen LogP contribution is 2.23. The molecule has 0 fully saturated rings. The summed E-state index contributed by atoms with van der Waals surface area (Å²) < 4.78 is 2.63. The van der Waals surface area contributed by atoms with Gasteiger partial charge in [0.2, 0.25) is 0 Å². The highest BCUT2D eigenvalue weighted by molar-refractivity contribution is 5.58. The topological polar surface area (TPSA) is 148 Å². The first-order valence-electron chi connectivity index (χ1n) is 10.9. The zero-order valence-electron chi connectivity index (χ0n) is 19.0. The van der Waals surface area contributed by atoms with E-state index in [0.29, 0.717) is 69.9 Å². The lowest BCUT2D eigenvalue weighted by Crippen LogP contribution is -2.24. The minimum absolute atomic E-state index is 0.171. The Bertz CT molecular complexity index is 1590. The van der Waals surface area contributed by atoms with E-state index in [4.69, 9.17) is 0 Å². The monoisotopic (exact) mass is 444 g/mol. The van der Waals surface area contributed by atoms with Crippen LogP contribution in [0.5, 0.6) is 0 Å². The molecule has 0 bridgehead atoms. The molecule has 0 saturated carbocycles. The highest BCUT2D eigenvalue weighted by Gasteiger charge is 2.21. The molecule has 0 radical (unpaired) electrons. The number of nitrogens with zero attached hydrogens (tertiary/aromatic N) is 6. The van der Waals surface area contributed by atoms with Crippen molar-refractivity contribution in [1.29, 1.82) is 10.5 Å². The standard InChI is InChI=1S/C23H24N8O2/c1-5-6-16-13(3)27-21-17(10-25)18(29-31(21)22(16)32)8-7-12(2)19-14(4)28-20-15(9-24)11-26-30(20)23(19)33/h11-12,26,29H,5-8H2,1-4H3. The number of nitriles is 2. The summed E-state index contributed by atoms with van der Waals surface area (Å²) in [5.41, 5.74) is 3.87. The molecule has 4 rings (SSSR count). The van der Waals surface area contributed by atoms with E-state index in [1.807, 2.05) is 19.9 Å². The molecule has 33 heavy (non-hydrogen) atoms. The van der Waals surface area contributed by atoms with Crippen LogP contribution in [-0.2, 0) is 12.8 Å². The van der Waals surface area contributed by atoms with E-state index in [9.17, 15) is 20.1 Å². The van der Waals surface area contributed by atoms with Gasteiger partial charge in [0.15, 0.2) is 11.3 Å². The van der Waals surface area contributed by atoms with Crippen LogP contribution in [0.2, 0.25) is 0 Å². The zero-order chi connectivity index (χ0) is 23.9. The first-order chi connectivity index (χ1) is 15.8. The van der Waals surface area contributed by atoms with E-state index in [2.05, 4.69) is 26.2 Å². The Hall–Kier alpha value is -4.18. The number of aryl methyl sites for hydroxylation is 3. The van der Waals surface area contributed by atoms with Crippen LogP contribution in [-0.4, -0.2) is 29.2 Å². The van der Waals surface area contributed by atoms with E-state index in [1.54, 1.807) is 13.8 Å². The van der Waals surface area contributed by atoms with Crippen LogP contribution in [0.15, 0.2) is 15.8 Å². The van der Waals surface area contributed by atoms with Gasteiger partial charge in [0.05, 0.1) is 5.69 Å². The minimum Gasteiger partial charge on any atom is -0.295 e. The molecular weight excluding hydrogens is 420 g/mol. The third-order valence-electron chi connectivity index (χ3n) is 6.10. The third-order valence-corrected chi connectivity index (χ3v) is 6.10. The largest absolute Gasteiger partial charge is 0.295 e. The minimum atomic E-state index is -0.249. The number of rotatable bonds is 6. The van der Waals surface area contributed by atoms with Crippen molar-refractivity contribution in [2.24, 2.45) is 0 Å². The SMILES string of the molecule is CCCc1c(C)nc2c(C#N)c(CCC(C)c3c(C)nc4c(C#N)c[nH]n4c3=O)[nH]n2c1=O. The van der Waals surface area contributed by atoms with E-state index < -0.39 is 0 Å². The Morgan fingerprint density at radius 3 is 2.42 bits per heavy atom. The van der Waals surface area contributed by atoms with Crippen molar-refractivity contribution in [1.82, 2.24) is 29.2 Å². The average molecular weight is 444 g/mol. The van der Waals surface area contributed by atoms with Gasteiger partial charge in [0, 0.05) is 28.7 Å². The summed E-state index contributed by atoms with van der Waals surface area (Å²) >= 11 is 0. The van der Waals surface area contributed by atoms with Crippen molar-refractivity contribution >= 4 is 11.3 Å². The molecule has 10 nitrogen and oxygen atoms in total. The second-order valence-electron chi connectivity index (χ2n) is 8.28. The highest BCUT2D eigenvalue weighted by atomic mass is 16.1. The van der Waals surface area contributed by atoms with Crippen molar-refractivity contribution in [2.75, 3.05) is 0 Å². The van der Waals surface area contributed by atoms with Gasteiger partial charge in [0.1, 0.15) is 23.3 Å². The molecule has 1 atom stereocenters. The summed E-state index contributed by atoms with van der Waals surface area (Å²) in [6, 6.07) is 4.20. The van der Waals surface area contributed by atoms with E-state index in [1.165, 1.54) is 15.2 Å². The summed E-state index contributed by atoms with van der Waals surface area (Å²) in [4.78, 5) is 34.9. The molecule has 4 heterocycles. The lowest BCUT2D eigenvalue weighted by Gasteiger charge is -2.13. The van der Waals surface area contributed by atoms with Gasteiger partial charge in [-0.15, -0.1) is 0 Å². The molecule has 168 valence electrons. The maximum absolute atomic E-state index is 13.0. The maximum atomic E-state index is 13.0. The molecule has 1 unspecified atom stereocenters. The summed E-state index contributed by atoms with van der Waals surface area (Å²) in [5.74, 6) is -0.171. The van der Waals surface area contributed by atoms with Crippen molar-refractivity contribution in [3.05, 3.63) is 66.2 Å². The lowest BCUT2D eigenvalue weighted by atomic mass is 9.94. The lowest BCUT2D eigenvalue weighted by molar-refractivity contribution is 0.643. The predicted molar refractivity (Wildman–Crippen MR) is 121 cm³/mol. The van der Waals surface area contributed by atoms with Crippen LogP contribution in [0.3, 0.4) is 0 Å². The number of nitrogens with one attached hydrogen (secondary N) is 2. The van der Waals surface area contributed by atoms with Crippen LogP contribution >= 0.6 is 0 Å². The first kappa shape index (κ1) is 22.0. The Kier molecular flexibility index (Phi) is 5.60. The fraction of sp³-hybridized carbons (Fsp3) is 0.391. The van der Waals surface area contributed by atoms with Gasteiger partial charge >= 0.3 is 0 Å². The molecule has 0 saturated heterocycles. The molecule has 0 amide bonds. The van der Waals surface area contributed by atoms with Crippen molar-refractivity contribution < 1.29 is 0 Å². The zero-order valence-corrected chi connectivity index (χ0v) is 19.0. The van der Waals surface area contributed by atoms with Crippen molar-refractivity contribution in [3.8, 4) is 12.1 Å². The fourth-order valence-corrected chi connectivity index (χ4v) is 4.39. The Morgan fingerprint density at radius 2 is 1.76 bits per heavy atom. The van der Waals surface area contributed by atoms with Crippen LogP contribution in [0.1, 0.15) is 71.9 Å². The smallest absolute Gasteiger partial charge is 0.276 e. The molecule has 4 aromatic rings. The molecule has 0 aliphatic carbocycles. The summed E-state index contributed by atoms with van der Waals surface area (Å²) in [6.07, 6.45) is 3.90. The maximum Gasteiger partial charge on any atom is 0.276 e. The van der Waals surface area contributed by atoms with Gasteiger partial charge < -0.3 is 0 Å². The summed E-state index contributed by atoms with van der Waals surface area (Å²) in [6.45, 7) is 7.47. The average Bonchev–Trinajstić information content (AvgIpc) is 3.36. The first-order valence-corrected chi connectivity index (χ1v) is 10.9. The van der Waals surface area contributed by atoms with Crippen molar-refractivity contribution in [3.63, 3.8) is 0 Å². The predicted octanol–water partition coefficient (Wildman–Crippen LogP) is 2.41. The van der Waals surface area contributed by atoms with Gasteiger partial charge in [-0.3, -0.25) is 19.8 Å². The molecule has 2 N–H and O–H groups in total. The molecule has 4 aromatic heterocycles. The van der Waals surface area contributed by atoms with E-state index >= 15 is 0 Å². The second-order valence-corrected chi connectivity index (χ2v) is 8.28. The number of fused-ring (bicyclic) bond motifs is 2. The Morgan fingerprint density at radius 1 is 1.03 bits per heavy atom. The van der Waals surface area contributed by atoms with E-state index in [0.717, 1.165) is 6.42 Å². The number of hydrogen-bond acceptors (Lipinski definition) is 6. The molecule has 10 heteroatoms. The Labute approximate surface area is 189 Å². The van der Waals surface area contributed by atoms with Gasteiger partial charge in [-0.1, -0.05) is 20.3 Å². The van der Waals surface area contributed by atoms with Crippen LogP contribution in [0.4, 0.5) is 0 Å². The quantitative estimate of drug-likeness (QED) is 0.466. The molecule has 0 aliphatic rings. The molecular formula is C23H24N8O2. The number of aromatic amines is 2. The van der Waals surface area contributed by atoms with Gasteiger partial charge in [0.25, 0.3) is 11.1 Å². The molecule has 0 aliphatic heterocycles. The molecule has 0 aromatic carbocycles. The van der Waals surface area contributed by atoms with Crippen LogP contribution < -0.4 is 11.1 Å². The summed E-state index contributed by atoms with van der Waals surface area (Å²) in [7, 11) is 0. The Balaban J connectivity index is 1.70. The summed E-state index contributed by atoms with van der Waals surface area (Å²) in [5, 5.41) is 24.8. The van der Waals surface area contributed by atoms with Gasteiger partial charge in [-0.25, -0.2) is 14.5 Å². The van der Waals surface area contributed by atoms with Crippen LogP contribution in [0.25, 0.3) is 11.3 Å². The van der Waals surface area contributed by atoms with Crippen LogP contribution in [0, 0.1) is 36.5 Å². The number of hydrogen-bond donors (Lipinski definition) is 2. The van der Waals surface area contributed by atoms with Gasteiger partial charge in [-0.2, -0.15) is 15.0 Å². The van der Waals surface area contributed by atoms with Crippen molar-refractivity contribution in [2.45, 2.75) is 59.3 Å². The number of H-pyrrole nitrogens is 2. The van der Waals surface area contributed by atoms with E-state index in [-0.39, 0.29) is 17.0 Å². The third kappa shape index (κ3) is 3.50. The molecule has 0 spiro atoms. The number of aromatic nitrogens is 6. The fourth-order valence-electron chi connectivity index (χ4n) is 4.39. The van der Waals surface area contributed by atoms with Gasteiger partial charge in [-0.05, 0) is 39.0 Å². The second kappa shape index (κ2) is 8.40. The normalized spacial score (nSPS) is 12.2.